The summed E-state index contributed by atoms with van der Waals surface area (Å²) in [5.74, 6) is -1.25. The lowest BCUT2D eigenvalue weighted by Gasteiger charge is -2.25. The van der Waals surface area contributed by atoms with Gasteiger partial charge in [0.2, 0.25) is 0 Å². The lowest BCUT2D eigenvalue weighted by Crippen LogP contribution is -2.44. The predicted octanol–water partition coefficient (Wildman–Crippen LogP) is 4.32. The zero-order valence-electron chi connectivity index (χ0n) is 20.4. The van der Waals surface area contributed by atoms with E-state index >= 15 is 0 Å². The van der Waals surface area contributed by atoms with Gasteiger partial charge in [-0.2, -0.15) is 10.2 Å². The Morgan fingerprint density at radius 2 is 1.66 bits per heavy atom. The van der Waals surface area contributed by atoms with Crippen LogP contribution in [-0.2, 0) is 14.4 Å². The molecule has 10 heteroatoms. The minimum atomic E-state index is -0.978. The number of carbonyl (C=O) groups excluding carboxylic acids is 3. The van der Waals surface area contributed by atoms with E-state index in [0.29, 0.717) is 17.1 Å². The van der Waals surface area contributed by atoms with Crippen molar-refractivity contribution in [1.29, 1.82) is 0 Å². The largest absolute Gasteiger partial charge is 0.271 e. The van der Waals surface area contributed by atoms with Crippen LogP contribution in [-0.4, -0.2) is 52.1 Å². The van der Waals surface area contributed by atoms with Crippen LogP contribution in [0.25, 0.3) is 0 Å². The molecule has 3 heterocycles. The topological polar surface area (TPSA) is 98.0 Å². The third kappa shape index (κ3) is 4.14. The number of benzene rings is 3. The minimum Gasteiger partial charge on any atom is -0.271 e. The molecule has 0 bridgehead atoms. The average Bonchev–Trinajstić information content (AvgIpc) is 3.61. The van der Waals surface area contributed by atoms with E-state index in [-0.39, 0.29) is 18.5 Å². The maximum atomic E-state index is 13.6. The molecule has 3 aromatic rings. The number of anilines is 1. The van der Waals surface area contributed by atoms with Crippen molar-refractivity contribution in [2.45, 2.75) is 31.5 Å². The first-order valence-corrected chi connectivity index (χ1v) is 12.6. The normalized spacial score (nSPS) is 22.3. The van der Waals surface area contributed by atoms with Crippen molar-refractivity contribution in [3.8, 4) is 0 Å². The van der Waals surface area contributed by atoms with Gasteiger partial charge in [-0.1, -0.05) is 77.0 Å². The fourth-order valence-electron chi connectivity index (χ4n) is 5.01. The molecule has 3 aliphatic rings. The zero-order chi connectivity index (χ0) is 26.4. The summed E-state index contributed by atoms with van der Waals surface area (Å²) in [5.41, 5.74) is 4.05. The highest BCUT2D eigenvalue weighted by Crippen LogP contribution is 2.35. The van der Waals surface area contributed by atoms with Crippen molar-refractivity contribution in [2.75, 3.05) is 11.4 Å². The van der Waals surface area contributed by atoms with Crippen LogP contribution >= 0.6 is 11.6 Å². The summed E-state index contributed by atoms with van der Waals surface area (Å²) in [6, 6.07) is 21.8. The Kier molecular flexibility index (Phi) is 6.00. The molecule has 0 aliphatic carbocycles. The van der Waals surface area contributed by atoms with Crippen LogP contribution < -0.4 is 4.90 Å². The Bertz CT molecular complexity index is 1470. The first kappa shape index (κ1) is 24.0. The molecule has 9 nitrogen and oxygen atoms in total. The number of amides is 3. The van der Waals surface area contributed by atoms with Gasteiger partial charge in [-0.25, -0.2) is 9.91 Å². The number of hydrogen-bond acceptors (Lipinski definition) is 7. The highest BCUT2D eigenvalue weighted by atomic mass is 35.5. The Morgan fingerprint density at radius 1 is 0.947 bits per heavy atom. The molecule has 1 fully saturated rings. The van der Waals surface area contributed by atoms with Gasteiger partial charge in [-0.05, 0) is 42.3 Å². The van der Waals surface area contributed by atoms with Crippen LogP contribution in [0.1, 0.15) is 29.2 Å². The van der Waals surface area contributed by atoms with Crippen LogP contribution in [0.3, 0.4) is 0 Å². The summed E-state index contributed by atoms with van der Waals surface area (Å²) >= 11 is 6.06. The number of rotatable bonds is 5. The molecule has 3 amide bonds. The van der Waals surface area contributed by atoms with Crippen molar-refractivity contribution in [2.24, 2.45) is 15.4 Å². The predicted molar refractivity (Wildman–Crippen MR) is 141 cm³/mol. The monoisotopic (exact) mass is 526 g/mol. The van der Waals surface area contributed by atoms with Crippen LogP contribution in [0.2, 0.25) is 5.02 Å². The Morgan fingerprint density at radius 3 is 2.37 bits per heavy atom. The molecule has 0 unspecified atom stereocenters. The van der Waals surface area contributed by atoms with Gasteiger partial charge in [0.15, 0.2) is 12.1 Å². The van der Waals surface area contributed by atoms with Crippen LogP contribution in [0.5, 0.6) is 0 Å². The number of halogens is 1. The maximum Gasteiger partial charge on any atom is 0.264 e. The quantitative estimate of drug-likeness (QED) is 0.462. The first-order chi connectivity index (χ1) is 18.4. The smallest absolute Gasteiger partial charge is 0.264 e. The zero-order valence-corrected chi connectivity index (χ0v) is 21.2. The molecule has 3 aliphatic heterocycles. The summed E-state index contributed by atoms with van der Waals surface area (Å²) in [6.45, 7) is 1.68. The number of aryl methyl sites for hydroxylation is 1. The van der Waals surface area contributed by atoms with Gasteiger partial charge in [0.25, 0.3) is 17.7 Å². The van der Waals surface area contributed by atoms with Crippen molar-refractivity contribution in [3.63, 3.8) is 0 Å². The molecule has 38 heavy (non-hydrogen) atoms. The molecule has 6 rings (SSSR count). The van der Waals surface area contributed by atoms with E-state index in [1.165, 1.54) is 10.0 Å². The fourth-order valence-corrected chi connectivity index (χ4v) is 5.13. The Labute approximate surface area is 224 Å². The van der Waals surface area contributed by atoms with Crippen molar-refractivity contribution in [1.82, 2.24) is 10.0 Å². The second kappa shape index (κ2) is 9.50. The van der Waals surface area contributed by atoms with E-state index in [9.17, 15) is 14.4 Å². The molecular weight excluding hydrogens is 504 g/mol. The summed E-state index contributed by atoms with van der Waals surface area (Å²) in [5, 5.41) is 16.1. The van der Waals surface area contributed by atoms with Gasteiger partial charge < -0.3 is 0 Å². The molecule has 3 aromatic carbocycles. The highest BCUT2D eigenvalue weighted by molar-refractivity contribution is 6.30. The van der Waals surface area contributed by atoms with E-state index in [4.69, 9.17) is 11.6 Å². The highest BCUT2D eigenvalue weighted by Gasteiger charge is 2.55. The van der Waals surface area contributed by atoms with E-state index in [1.807, 2.05) is 61.5 Å². The van der Waals surface area contributed by atoms with E-state index in [0.717, 1.165) is 27.3 Å². The molecule has 0 spiro atoms. The summed E-state index contributed by atoms with van der Waals surface area (Å²) in [7, 11) is 0. The van der Waals surface area contributed by atoms with Gasteiger partial charge >= 0.3 is 0 Å². The Balaban J connectivity index is 1.25. The number of imide groups is 1. The SMILES string of the molecule is Cc1ccc(N2C(=O)[C@@H]3[C@@H](N=NN3CC(=O)N3N=C(c4ccc(Cl)cc4)C[C@@H]3c3ccccc3)C2=O)cc1. The number of nitrogens with zero attached hydrogens (tertiary/aromatic N) is 6. The number of fused-ring (bicyclic) bond motifs is 1. The second-order valence-corrected chi connectivity index (χ2v) is 9.90. The number of hydrogen-bond donors (Lipinski definition) is 0. The third-order valence-electron chi connectivity index (χ3n) is 6.98. The fraction of sp³-hybridized carbons (Fsp3) is 0.214. The van der Waals surface area contributed by atoms with Gasteiger partial charge in [-0.15, -0.1) is 0 Å². The van der Waals surface area contributed by atoms with Gasteiger partial charge in [0, 0.05) is 11.4 Å². The van der Waals surface area contributed by atoms with Crippen molar-refractivity contribution in [3.05, 3.63) is 101 Å². The number of carbonyl (C=O) groups is 3. The number of hydrazone groups is 1. The van der Waals surface area contributed by atoms with Crippen molar-refractivity contribution >= 4 is 40.7 Å². The second-order valence-electron chi connectivity index (χ2n) is 9.46. The average molecular weight is 527 g/mol. The van der Waals surface area contributed by atoms with Crippen LogP contribution in [0.15, 0.2) is 94.3 Å². The van der Waals surface area contributed by atoms with Crippen molar-refractivity contribution < 1.29 is 14.4 Å². The molecule has 0 N–H and O–H groups in total. The standard InChI is InChI=1S/C28H23ClN6O3/c1-17-7-13-21(14-8-17)34-27(37)25-26(28(34)38)33(32-30-25)16-24(36)35-23(19-5-3-2-4-6-19)15-22(31-35)18-9-11-20(29)12-10-18/h2-14,23,25-26H,15-16H2,1H3/t23-,25-,26+/m1/s1. The van der Waals surface area contributed by atoms with Crippen LogP contribution in [0, 0.1) is 6.92 Å². The third-order valence-corrected chi connectivity index (χ3v) is 7.23. The van der Waals surface area contributed by atoms with Gasteiger partial charge in [0.1, 0.15) is 6.54 Å². The molecule has 3 atom stereocenters. The summed E-state index contributed by atoms with van der Waals surface area (Å²) in [6.07, 6.45) is 0.517. The summed E-state index contributed by atoms with van der Waals surface area (Å²) in [4.78, 5) is 41.1. The molecule has 0 aromatic heterocycles. The first-order valence-electron chi connectivity index (χ1n) is 12.2. The van der Waals surface area contributed by atoms with E-state index < -0.39 is 23.9 Å². The van der Waals surface area contributed by atoms with E-state index in [1.54, 1.807) is 24.3 Å². The minimum absolute atomic E-state index is 0.244. The molecule has 0 saturated carbocycles. The molecular formula is C28H23ClN6O3. The van der Waals surface area contributed by atoms with E-state index in [2.05, 4.69) is 15.4 Å². The summed E-state index contributed by atoms with van der Waals surface area (Å²) < 4.78 is 0. The lowest BCUT2D eigenvalue weighted by atomic mass is 9.98. The Hall–Kier alpha value is -4.37. The van der Waals surface area contributed by atoms with Crippen LogP contribution in [0.4, 0.5) is 5.69 Å². The van der Waals surface area contributed by atoms with Gasteiger partial charge in [0.05, 0.1) is 17.4 Å². The molecule has 0 radical (unpaired) electrons. The van der Waals surface area contributed by atoms with Gasteiger partial charge in [-0.3, -0.25) is 19.4 Å². The molecule has 190 valence electrons. The lowest BCUT2D eigenvalue weighted by molar-refractivity contribution is -0.135. The maximum absolute atomic E-state index is 13.6. The molecule has 1 saturated heterocycles.